The van der Waals surface area contributed by atoms with E-state index in [9.17, 15) is 0 Å². The zero-order valence-corrected chi connectivity index (χ0v) is 12.3. The minimum atomic E-state index is 0.658. The smallest absolute Gasteiger partial charge is 0.119 e. The number of benzene rings is 1. The molecule has 2 heteroatoms. The van der Waals surface area contributed by atoms with Crippen LogP contribution in [-0.2, 0) is 6.42 Å². The Hall–Kier alpha value is -1.02. The van der Waals surface area contributed by atoms with E-state index >= 15 is 0 Å². The van der Waals surface area contributed by atoms with Crippen molar-refractivity contribution in [1.82, 2.24) is 5.32 Å². The van der Waals surface area contributed by atoms with Crippen molar-refractivity contribution in [2.24, 2.45) is 5.92 Å². The molecule has 0 aromatic heterocycles. The van der Waals surface area contributed by atoms with Crippen LogP contribution < -0.4 is 10.1 Å². The summed E-state index contributed by atoms with van der Waals surface area (Å²) in [6.07, 6.45) is 8.18. The van der Waals surface area contributed by atoms with Gasteiger partial charge in [-0.2, -0.15) is 0 Å². The minimum absolute atomic E-state index is 0.658. The number of hydrogen-bond donors (Lipinski definition) is 1. The number of nitrogens with one attached hydrogen (secondary N) is 1. The normalized spacial score (nSPS) is 18.2. The van der Waals surface area contributed by atoms with E-state index in [1.165, 1.54) is 37.7 Å². The molecule has 1 N–H and O–H groups in total. The second-order valence-corrected chi connectivity index (χ2v) is 5.74. The van der Waals surface area contributed by atoms with Crippen molar-refractivity contribution in [2.45, 2.75) is 51.5 Å². The van der Waals surface area contributed by atoms with Crippen LogP contribution in [0.15, 0.2) is 24.3 Å². The number of rotatable bonds is 6. The maximum atomic E-state index is 5.26. The summed E-state index contributed by atoms with van der Waals surface area (Å²) in [6, 6.07) is 9.04. The third-order valence-corrected chi connectivity index (χ3v) is 4.37. The Morgan fingerprint density at radius 2 is 2.05 bits per heavy atom. The third kappa shape index (κ3) is 4.54. The molecule has 0 saturated heterocycles. The molecule has 0 amide bonds. The first kappa shape index (κ1) is 14.4. The summed E-state index contributed by atoms with van der Waals surface area (Å²) in [4.78, 5) is 0. The molecule has 1 aliphatic carbocycles. The number of ether oxygens (including phenoxy) is 1. The van der Waals surface area contributed by atoms with Gasteiger partial charge in [0.1, 0.15) is 5.75 Å². The molecule has 1 aromatic carbocycles. The molecule has 1 aliphatic rings. The first-order chi connectivity index (χ1) is 9.29. The van der Waals surface area contributed by atoms with Gasteiger partial charge in [-0.25, -0.2) is 0 Å². The van der Waals surface area contributed by atoms with Gasteiger partial charge in [0, 0.05) is 6.04 Å². The summed E-state index contributed by atoms with van der Waals surface area (Å²) < 4.78 is 5.26. The van der Waals surface area contributed by atoms with Gasteiger partial charge in [-0.3, -0.25) is 0 Å². The van der Waals surface area contributed by atoms with Crippen molar-refractivity contribution < 1.29 is 4.74 Å². The van der Waals surface area contributed by atoms with Crippen LogP contribution in [0.4, 0.5) is 0 Å². The lowest BCUT2D eigenvalue weighted by molar-refractivity contribution is 0.283. The van der Waals surface area contributed by atoms with Gasteiger partial charge >= 0.3 is 0 Å². The van der Waals surface area contributed by atoms with Crippen molar-refractivity contribution in [3.8, 4) is 5.75 Å². The van der Waals surface area contributed by atoms with Gasteiger partial charge in [-0.1, -0.05) is 31.4 Å². The second-order valence-electron chi connectivity index (χ2n) is 5.74. The van der Waals surface area contributed by atoms with E-state index < -0.39 is 0 Å². The Morgan fingerprint density at radius 1 is 1.26 bits per heavy atom. The van der Waals surface area contributed by atoms with Crippen LogP contribution in [-0.4, -0.2) is 19.7 Å². The average molecular weight is 261 g/mol. The molecule has 2 rings (SSSR count). The Morgan fingerprint density at radius 3 is 2.79 bits per heavy atom. The molecule has 0 aliphatic heterocycles. The molecule has 1 fully saturated rings. The zero-order chi connectivity index (χ0) is 13.5. The molecule has 0 heterocycles. The molecule has 0 bridgehead atoms. The van der Waals surface area contributed by atoms with Crippen LogP contribution in [0, 0.1) is 5.92 Å². The molecule has 106 valence electrons. The molecule has 2 nitrogen and oxygen atoms in total. The highest BCUT2D eigenvalue weighted by Gasteiger charge is 2.19. The predicted molar refractivity (Wildman–Crippen MR) is 80.7 cm³/mol. The first-order valence-electron chi connectivity index (χ1n) is 7.66. The Bertz CT molecular complexity index is 371. The maximum absolute atomic E-state index is 5.26. The number of methoxy groups -OCH3 is 1. The summed E-state index contributed by atoms with van der Waals surface area (Å²) in [6.45, 7) is 3.41. The predicted octanol–water partition coefficient (Wildman–Crippen LogP) is 3.80. The molecule has 0 radical (unpaired) electrons. The third-order valence-electron chi connectivity index (χ3n) is 4.37. The Kier molecular flexibility index (Phi) is 5.71. The van der Waals surface area contributed by atoms with E-state index in [0.717, 1.165) is 24.6 Å². The summed E-state index contributed by atoms with van der Waals surface area (Å²) in [5, 5.41) is 3.70. The van der Waals surface area contributed by atoms with Crippen LogP contribution in [0.2, 0.25) is 0 Å². The lowest BCUT2D eigenvalue weighted by Crippen LogP contribution is -2.35. The van der Waals surface area contributed by atoms with Crippen molar-refractivity contribution in [2.75, 3.05) is 13.7 Å². The highest BCUT2D eigenvalue weighted by molar-refractivity contribution is 5.28. The van der Waals surface area contributed by atoms with Crippen LogP contribution in [0.3, 0.4) is 0 Å². The van der Waals surface area contributed by atoms with Gasteiger partial charge < -0.3 is 10.1 Å². The highest BCUT2D eigenvalue weighted by atomic mass is 16.5. The molecule has 0 spiro atoms. The second kappa shape index (κ2) is 7.54. The summed E-state index contributed by atoms with van der Waals surface area (Å²) in [7, 11) is 1.72. The van der Waals surface area contributed by atoms with Gasteiger partial charge in [-0.05, 0) is 56.3 Å². The topological polar surface area (TPSA) is 21.3 Å². The van der Waals surface area contributed by atoms with Gasteiger partial charge in [0.25, 0.3) is 0 Å². The highest BCUT2D eigenvalue weighted by Crippen LogP contribution is 2.26. The van der Waals surface area contributed by atoms with E-state index in [-0.39, 0.29) is 0 Å². The van der Waals surface area contributed by atoms with E-state index in [1.54, 1.807) is 7.11 Å². The van der Waals surface area contributed by atoms with Gasteiger partial charge in [0.15, 0.2) is 0 Å². The van der Waals surface area contributed by atoms with Crippen molar-refractivity contribution >= 4 is 0 Å². The molecular weight excluding hydrogens is 234 g/mol. The fourth-order valence-electron chi connectivity index (χ4n) is 3.07. The van der Waals surface area contributed by atoms with Crippen molar-refractivity contribution in [1.29, 1.82) is 0 Å². The molecule has 1 saturated carbocycles. The van der Waals surface area contributed by atoms with E-state index in [2.05, 4.69) is 30.4 Å². The summed E-state index contributed by atoms with van der Waals surface area (Å²) in [5.74, 6) is 1.84. The van der Waals surface area contributed by atoms with E-state index in [1.807, 2.05) is 6.07 Å². The maximum Gasteiger partial charge on any atom is 0.119 e. The van der Waals surface area contributed by atoms with Crippen LogP contribution in [0.5, 0.6) is 5.75 Å². The average Bonchev–Trinajstić information content (AvgIpc) is 2.48. The molecule has 1 atom stereocenters. The van der Waals surface area contributed by atoms with Crippen LogP contribution in [0.1, 0.15) is 44.6 Å². The molecule has 1 unspecified atom stereocenters. The van der Waals surface area contributed by atoms with E-state index in [0.29, 0.717) is 6.04 Å². The lowest BCUT2D eigenvalue weighted by Gasteiger charge is -2.28. The van der Waals surface area contributed by atoms with Crippen molar-refractivity contribution in [3.05, 3.63) is 29.8 Å². The summed E-state index contributed by atoms with van der Waals surface area (Å²) in [5.41, 5.74) is 1.35. The Balaban J connectivity index is 1.72. The quantitative estimate of drug-likeness (QED) is 0.841. The number of hydrogen-bond acceptors (Lipinski definition) is 2. The van der Waals surface area contributed by atoms with Gasteiger partial charge in [0.05, 0.1) is 7.11 Å². The van der Waals surface area contributed by atoms with Gasteiger partial charge in [0.2, 0.25) is 0 Å². The standard InChI is InChI=1S/C17H27NO/c1-14(16-8-4-3-5-9-16)18-12-11-15-7-6-10-17(13-15)19-2/h6-7,10,13-14,16,18H,3-5,8-9,11-12H2,1-2H3. The molecular formula is C17H27NO. The fourth-order valence-corrected chi connectivity index (χ4v) is 3.07. The summed E-state index contributed by atoms with van der Waals surface area (Å²) >= 11 is 0. The van der Waals surface area contributed by atoms with Crippen LogP contribution >= 0.6 is 0 Å². The van der Waals surface area contributed by atoms with Gasteiger partial charge in [-0.15, -0.1) is 0 Å². The SMILES string of the molecule is COc1cccc(CCNC(C)C2CCCCC2)c1. The molecule has 1 aromatic rings. The lowest BCUT2D eigenvalue weighted by atomic mass is 9.84. The fraction of sp³-hybridized carbons (Fsp3) is 0.647. The Labute approximate surface area is 117 Å². The first-order valence-corrected chi connectivity index (χ1v) is 7.66. The minimum Gasteiger partial charge on any atom is -0.497 e. The van der Waals surface area contributed by atoms with Crippen molar-refractivity contribution in [3.63, 3.8) is 0 Å². The van der Waals surface area contributed by atoms with E-state index in [4.69, 9.17) is 4.74 Å². The largest absolute Gasteiger partial charge is 0.497 e. The monoisotopic (exact) mass is 261 g/mol. The zero-order valence-electron chi connectivity index (χ0n) is 12.3. The molecule has 19 heavy (non-hydrogen) atoms. The van der Waals surface area contributed by atoms with Crippen LogP contribution in [0.25, 0.3) is 0 Å².